The minimum atomic E-state index is -2.87. The van der Waals surface area contributed by atoms with Crippen molar-refractivity contribution in [3.05, 3.63) is 24.3 Å². The number of hydrogen-bond acceptors (Lipinski definition) is 5. The van der Waals surface area contributed by atoms with Gasteiger partial charge in [0.05, 0.1) is 30.8 Å². The van der Waals surface area contributed by atoms with E-state index >= 15 is 0 Å². The average Bonchev–Trinajstić information content (AvgIpc) is 2.64. The summed E-state index contributed by atoms with van der Waals surface area (Å²) in [6, 6.07) is 6.58. The van der Waals surface area contributed by atoms with Crippen molar-refractivity contribution in [2.75, 3.05) is 46.0 Å². The molecule has 2 saturated heterocycles. The van der Waals surface area contributed by atoms with E-state index < -0.39 is 17.6 Å². The van der Waals surface area contributed by atoms with Crippen molar-refractivity contribution in [3.8, 4) is 5.75 Å². The molecule has 6 nitrogen and oxygen atoms in total. The van der Waals surface area contributed by atoms with Crippen molar-refractivity contribution in [2.24, 2.45) is 5.41 Å². The van der Waals surface area contributed by atoms with Gasteiger partial charge in [-0.1, -0.05) is 6.92 Å². The van der Waals surface area contributed by atoms with E-state index in [4.69, 9.17) is 9.47 Å². The molecule has 2 atom stereocenters. The second-order valence-corrected chi connectivity index (χ2v) is 9.61. The number of benzene rings is 1. The number of ether oxygens (including phenoxy) is 3. The number of hydrogen-bond donors (Lipinski definition) is 0. The van der Waals surface area contributed by atoms with Crippen LogP contribution < -0.4 is 4.74 Å². The summed E-state index contributed by atoms with van der Waals surface area (Å²) >= 11 is 0. The summed E-state index contributed by atoms with van der Waals surface area (Å²) in [5.41, 5.74) is 0.430. The predicted octanol–water partition coefficient (Wildman–Crippen LogP) is 2.51. The summed E-state index contributed by atoms with van der Waals surface area (Å²) in [5, 5.41) is 0. The van der Waals surface area contributed by atoms with Crippen molar-refractivity contribution in [1.29, 1.82) is 0 Å². The van der Waals surface area contributed by atoms with Crippen molar-refractivity contribution in [1.82, 2.24) is 9.21 Å². The van der Waals surface area contributed by atoms with E-state index in [1.807, 2.05) is 4.31 Å². The van der Waals surface area contributed by atoms with E-state index in [-0.39, 0.29) is 11.9 Å². The molecule has 0 amide bonds. The largest absolute Gasteiger partial charge is 0.435 e. The van der Waals surface area contributed by atoms with Gasteiger partial charge >= 0.3 is 6.61 Å². The molecule has 0 aromatic heterocycles. The van der Waals surface area contributed by atoms with E-state index in [0.717, 1.165) is 26.3 Å². The Kier molecular flexibility index (Phi) is 6.50. The Balaban J connectivity index is 1.31. The molecule has 3 fully saturated rings. The number of likely N-dealkylation sites (N-methyl/N-ethyl adjacent to an activating group) is 1. The fourth-order valence-corrected chi connectivity index (χ4v) is 5.67. The van der Waals surface area contributed by atoms with Crippen LogP contribution in [0.15, 0.2) is 29.2 Å². The third-order valence-electron chi connectivity index (χ3n) is 6.10. The Labute approximate surface area is 172 Å². The molecule has 1 aromatic rings. The van der Waals surface area contributed by atoms with E-state index in [1.165, 1.54) is 25.0 Å². The Hall–Kier alpha value is -1.13. The topological polar surface area (TPSA) is 51.2 Å². The molecule has 0 N–H and O–H groups in total. The molecule has 0 radical (unpaired) electrons. The van der Waals surface area contributed by atoms with Crippen LogP contribution in [0.5, 0.6) is 5.75 Å². The summed E-state index contributed by atoms with van der Waals surface area (Å²) in [6.45, 7) is 4.59. The summed E-state index contributed by atoms with van der Waals surface area (Å²) in [7, 11) is -1.36. The van der Waals surface area contributed by atoms with E-state index in [2.05, 4.69) is 16.6 Å². The van der Waals surface area contributed by atoms with Crippen LogP contribution in [0.3, 0.4) is 0 Å². The van der Waals surface area contributed by atoms with Gasteiger partial charge in [-0.2, -0.15) is 8.78 Å². The Morgan fingerprint density at radius 1 is 1.31 bits per heavy atom. The molecule has 1 saturated carbocycles. The molecule has 1 aromatic carbocycles. The van der Waals surface area contributed by atoms with Gasteiger partial charge in [-0.3, -0.25) is 4.90 Å². The molecule has 1 spiro atoms. The van der Waals surface area contributed by atoms with E-state index in [1.54, 1.807) is 12.1 Å². The number of alkyl halides is 2. The zero-order valence-corrected chi connectivity index (χ0v) is 17.4. The van der Waals surface area contributed by atoms with E-state index in [9.17, 15) is 13.0 Å². The number of morpholine rings is 1. The fourth-order valence-electron chi connectivity index (χ4n) is 4.46. The smallest absolute Gasteiger partial charge is 0.387 e. The van der Waals surface area contributed by atoms with Crippen LogP contribution in [0.1, 0.15) is 19.8 Å². The molecule has 0 bridgehead atoms. The normalized spacial score (nSPS) is 25.8. The van der Waals surface area contributed by atoms with Crippen molar-refractivity contribution in [2.45, 2.75) is 43.4 Å². The predicted molar refractivity (Wildman–Crippen MR) is 104 cm³/mol. The first-order valence-electron chi connectivity index (χ1n) is 10.1. The van der Waals surface area contributed by atoms with Crippen LogP contribution in [-0.2, 0) is 20.5 Å². The second-order valence-electron chi connectivity index (χ2n) is 8.12. The maximum Gasteiger partial charge on any atom is 0.387 e. The number of rotatable bonds is 8. The molecule has 162 valence electrons. The third kappa shape index (κ3) is 4.80. The molecule has 29 heavy (non-hydrogen) atoms. The van der Waals surface area contributed by atoms with Gasteiger partial charge in [0, 0.05) is 31.1 Å². The quantitative estimate of drug-likeness (QED) is 0.634. The Morgan fingerprint density at radius 3 is 2.62 bits per heavy atom. The molecule has 1 aliphatic carbocycles. The molecule has 4 rings (SSSR count). The maximum absolute atomic E-state index is 12.9. The molecular formula is C20H28F2N2O4S. The Bertz CT molecular complexity index is 709. The third-order valence-corrected chi connectivity index (χ3v) is 7.58. The summed E-state index contributed by atoms with van der Waals surface area (Å²) in [4.78, 5) is 3.04. The highest BCUT2D eigenvalue weighted by Crippen LogP contribution is 2.48. The molecular weight excluding hydrogens is 402 g/mol. The number of halogens is 2. The van der Waals surface area contributed by atoms with Crippen LogP contribution in [0.4, 0.5) is 8.78 Å². The van der Waals surface area contributed by atoms with Crippen molar-refractivity contribution in [3.63, 3.8) is 0 Å². The van der Waals surface area contributed by atoms with Crippen molar-refractivity contribution < 1.29 is 27.2 Å². The van der Waals surface area contributed by atoms with Gasteiger partial charge in [-0.25, -0.2) is 8.51 Å². The number of nitrogens with zero attached hydrogens (tertiary/aromatic N) is 2. The highest BCUT2D eigenvalue weighted by atomic mass is 32.2. The zero-order valence-electron chi connectivity index (χ0n) is 16.6. The van der Waals surface area contributed by atoms with Crippen LogP contribution in [0.25, 0.3) is 0 Å². The van der Waals surface area contributed by atoms with Gasteiger partial charge in [-0.05, 0) is 43.7 Å². The standard InChI is InChI=1S/C20H28F2N2O4S/c1-2-23(15-9-20(10-15)13-26-14-20)11-17-12-24(7-8-27-17)29(25)18-5-3-16(4-6-18)28-19(21)22/h3-6,15,17,19H,2,7-14H2,1H3. The molecule has 2 aliphatic heterocycles. The molecule has 9 heteroatoms. The lowest BCUT2D eigenvalue weighted by molar-refractivity contribution is -0.187. The van der Waals surface area contributed by atoms with Crippen molar-refractivity contribution >= 4 is 11.0 Å². The van der Waals surface area contributed by atoms with Crippen LogP contribution in [0, 0.1) is 5.41 Å². The lowest BCUT2D eigenvalue weighted by Gasteiger charge is -2.56. The first-order chi connectivity index (χ1) is 14.0. The monoisotopic (exact) mass is 430 g/mol. The van der Waals surface area contributed by atoms with Gasteiger partial charge in [0.15, 0.2) is 0 Å². The van der Waals surface area contributed by atoms with Gasteiger partial charge in [0.2, 0.25) is 0 Å². The second kappa shape index (κ2) is 8.93. The highest BCUT2D eigenvalue weighted by molar-refractivity contribution is 7.82. The SMILES string of the molecule is CCN(CC1CN(S(=O)c2ccc(OC(F)F)cc2)CCO1)C1CC2(COC2)C1. The fraction of sp³-hybridized carbons (Fsp3) is 0.700. The van der Waals surface area contributed by atoms with Crippen LogP contribution in [-0.4, -0.2) is 78.2 Å². The van der Waals surface area contributed by atoms with Crippen LogP contribution in [0.2, 0.25) is 0 Å². The Morgan fingerprint density at radius 2 is 2.03 bits per heavy atom. The average molecular weight is 431 g/mol. The van der Waals surface area contributed by atoms with E-state index in [0.29, 0.717) is 36.0 Å². The van der Waals surface area contributed by atoms with Gasteiger partial charge in [0.25, 0.3) is 0 Å². The summed E-state index contributed by atoms with van der Waals surface area (Å²) in [6.07, 6.45) is 2.38. The summed E-state index contributed by atoms with van der Waals surface area (Å²) < 4.78 is 55.1. The molecule has 3 aliphatic rings. The highest BCUT2D eigenvalue weighted by Gasteiger charge is 2.51. The maximum atomic E-state index is 12.9. The molecule has 2 heterocycles. The minimum absolute atomic E-state index is 0.00304. The summed E-state index contributed by atoms with van der Waals surface area (Å²) in [5.74, 6) is 0.0642. The first-order valence-corrected chi connectivity index (χ1v) is 11.2. The lowest BCUT2D eigenvalue weighted by Crippen LogP contribution is -2.61. The minimum Gasteiger partial charge on any atom is -0.435 e. The van der Waals surface area contributed by atoms with Gasteiger partial charge in [0.1, 0.15) is 16.7 Å². The lowest BCUT2D eigenvalue weighted by atomic mass is 9.63. The zero-order chi connectivity index (χ0) is 20.4. The van der Waals surface area contributed by atoms with Gasteiger partial charge in [-0.15, -0.1) is 0 Å². The van der Waals surface area contributed by atoms with Gasteiger partial charge < -0.3 is 14.2 Å². The van der Waals surface area contributed by atoms with Crippen LogP contribution >= 0.6 is 0 Å². The first kappa shape index (κ1) is 21.1. The molecule has 2 unspecified atom stereocenters.